The molecule has 0 heterocycles. The third-order valence-corrected chi connectivity index (χ3v) is 6.27. The summed E-state index contributed by atoms with van der Waals surface area (Å²) in [7, 11) is 0. The van der Waals surface area contributed by atoms with E-state index in [1.807, 2.05) is 27.7 Å². The minimum absolute atomic E-state index is 0. The number of unbranched alkanes of at least 4 members (excludes halogenated alkanes) is 4. The van der Waals surface area contributed by atoms with E-state index in [4.69, 9.17) is 19.3 Å². The average Bonchev–Trinajstić information content (AvgIpc) is 2.93. The Kier molecular flexibility index (Phi) is 58.3. The van der Waals surface area contributed by atoms with Gasteiger partial charge in [-0.3, -0.25) is 35.1 Å². The summed E-state index contributed by atoms with van der Waals surface area (Å²) in [6.45, 7) is 15.9. The van der Waals surface area contributed by atoms with Crippen LogP contribution in [0, 0.1) is 10.8 Å². The van der Waals surface area contributed by atoms with Crippen molar-refractivity contribution < 1.29 is 139 Å². The van der Waals surface area contributed by atoms with Crippen molar-refractivity contribution in [2.45, 2.75) is 132 Å². The van der Waals surface area contributed by atoms with Gasteiger partial charge in [0.25, 0.3) is 5.97 Å². The first kappa shape index (κ1) is 67.7. The van der Waals surface area contributed by atoms with Gasteiger partial charge in [0.2, 0.25) is 0 Å². The van der Waals surface area contributed by atoms with Crippen molar-refractivity contribution in [3.8, 4) is 0 Å². The summed E-state index contributed by atoms with van der Waals surface area (Å²) >= 11 is 0. The summed E-state index contributed by atoms with van der Waals surface area (Å²) in [5.41, 5.74) is -0.940. The van der Waals surface area contributed by atoms with Gasteiger partial charge in [-0.2, -0.15) is 0 Å². The molecule has 0 aromatic heterocycles. The molecule has 17 heteroatoms. The molecular formula is C33H58Cl2KMgO13-. The first-order valence-corrected chi connectivity index (χ1v) is 15.8. The van der Waals surface area contributed by atoms with Gasteiger partial charge in [-0.25, -0.2) is 0 Å². The van der Waals surface area contributed by atoms with E-state index < -0.39 is 28.7 Å². The number of carbonyl (C=O) groups is 6. The van der Waals surface area contributed by atoms with E-state index in [1.54, 1.807) is 27.7 Å². The topological polar surface area (TPSA) is 207 Å². The fourth-order valence-corrected chi connectivity index (χ4v) is 3.68. The molecule has 0 bridgehead atoms. The van der Waals surface area contributed by atoms with E-state index in [2.05, 4.69) is 4.74 Å². The number of hydrogen-bond donors (Lipinski definition) is 1. The number of rotatable bonds is 22. The Balaban J connectivity index is -0.0000000908. The van der Waals surface area contributed by atoms with Crippen LogP contribution in [0.3, 0.4) is 0 Å². The maximum atomic E-state index is 11.7. The zero-order chi connectivity index (χ0) is 35.3. The number of ketones is 1. The number of carboxylic acids is 1. The first-order valence-electron chi connectivity index (χ1n) is 15.8. The Morgan fingerprint density at radius 1 is 0.600 bits per heavy atom. The number of hydrogen-bond acceptors (Lipinski definition) is 12. The molecule has 0 aliphatic carbocycles. The fraction of sp³-hybridized carbons (Fsp3) is 0.788. The quantitative estimate of drug-likeness (QED) is 0.0279. The Morgan fingerprint density at radius 2 is 0.960 bits per heavy atom. The molecule has 0 amide bonds. The number of aliphatic carboxylic acids is 1. The van der Waals surface area contributed by atoms with Crippen LogP contribution >= 0.6 is 0 Å². The normalized spacial score (nSPS) is 9.52. The van der Waals surface area contributed by atoms with Gasteiger partial charge < -0.3 is 59.1 Å². The molecule has 2 N–H and O–H groups in total. The molecule has 286 valence electrons. The molecule has 0 fully saturated rings. The van der Waals surface area contributed by atoms with E-state index in [1.165, 1.54) is 6.29 Å². The van der Waals surface area contributed by atoms with Gasteiger partial charge in [0, 0.05) is 12.8 Å². The number of ether oxygens (including phenoxy) is 4. The van der Waals surface area contributed by atoms with Crippen molar-refractivity contribution in [3.63, 3.8) is 0 Å². The number of carbonyl (C=O) groups excluding carboxylic acids is 6. The molecule has 50 heavy (non-hydrogen) atoms. The van der Waals surface area contributed by atoms with Crippen LogP contribution in [0.1, 0.15) is 132 Å². The number of carboxylic acid groups (broad SMARTS) is 1. The van der Waals surface area contributed by atoms with Crippen LogP contribution in [-0.4, -0.2) is 102 Å². The van der Waals surface area contributed by atoms with Gasteiger partial charge in [0.05, 0.1) is 37.3 Å². The molecule has 0 radical (unpaired) electrons. The Labute approximate surface area is 370 Å². The standard InChI is InChI=1S/C16H28O5.C12H22O4.C5H7O3.2ClH.K.Mg.H2O/c1-5-20-14(18)12-13(17)10-8-7-9-11-16(3,4)15(19)21-6-2;1-4-16-11(15)12(2,3)9-7-5-6-8-10(13)14;1-2-8-5(7)3-4-6;;;;;/h5-12H2,1-4H3;4-9H2,1-3H3,(H,13,14);2-3H2,1H3;2*1H;;;1H2/q;;-1;;;+1;+2;/p-3. The van der Waals surface area contributed by atoms with Crippen LogP contribution in [0.25, 0.3) is 0 Å². The van der Waals surface area contributed by atoms with Crippen LogP contribution < -0.4 is 76.2 Å². The predicted octanol–water partition coefficient (Wildman–Crippen LogP) is -3.84. The van der Waals surface area contributed by atoms with E-state index in [0.717, 1.165) is 44.9 Å². The van der Waals surface area contributed by atoms with Gasteiger partial charge in [-0.15, -0.1) is 0 Å². The van der Waals surface area contributed by atoms with E-state index in [0.29, 0.717) is 39.3 Å². The van der Waals surface area contributed by atoms with E-state index >= 15 is 0 Å². The monoisotopic (exact) mass is 795 g/mol. The Bertz CT molecular complexity index is 905. The summed E-state index contributed by atoms with van der Waals surface area (Å²) in [5, 5.41) is 8.46. The fourth-order valence-electron chi connectivity index (χ4n) is 3.68. The maximum absolute atomic E-state index is 11.7. The van der Waals surface area contributed by atoms with Gasteiger partial charge >= 0.3 is 98.3 Å². The van der Waals surface area contributed by atoms with Crippen molar-refractivity contribution in [1.29, 1.82) is 0 Å². The van der Waals surface area contributed by atoms with Crippen LogP contribution in [0.5, 0.6) is 0 Å². The van der Waals surface area contributed by atoms with Crippen molar-refractivity contribution in [2.75, 3.05) is 26.4 Å². The van der Waals surface area contributed by atoms with Crippen molar-refractivity contribution in [2.24, 2.45) is 10.8 Å². The maximum Gasteiger partial charge on any atom is 2.00 e. The number of halogens is 2. The summed E-state index contributed by atoms with van der Waals surface area (Å²) in [5.74, 6) is -2.16. The molecule has 0 rings (SSSR count). The summed E-state index contributed by atoms with van der Waals surface area (Å²) in [4.78, 5) is 75.7. The Morgan fingerprint density at radius 3 is 1.30 bits per heavy atom. The van der Waals surface area contributed by atoms with Crippen LogP contribution in [0.2, 0.25) is 0 Å². The largest absolute Gasteiger partial charge is 2.00 e. The van der Waals surface area contributed by atoms with Crippen LogP contribution in [0.15, 0.2) is 0 Å². The zero-order valence-corrected chi connectivity index (χ0v) is 37.7. The van der Waals surface area contributed by atoms with Crippen LogP contribution in [0.4, 0.5) is 0 Å². The smallest absolute Gasteiger partial charge is 1.00 e. The molecule has 0 spiro atoms. The average molecular weight is 797 g/mol. The van der Waals surface area contributed by atoms with Crippen molar-refractivity contribution >= 4 is 65.0 Å². The van der Waals surface area contributed by atoms with Crippen molar-refractivity contribution in [3.05, 3.63) is 0 Å². The molecule has 0 unspecified atom stereocenters. The second-order valence-electron chi connectivity index (χ2n) is 11.4. The van der Waals surface area contributed by atoms with Gasteiger partial charge in [-0.05, 0) is 81.1 Å². The SMILES string of the molecule is CCOC(=O)C(C)(C)CCCCCC(=O)O.CCOC(=O)CC(=O)CCCCCC(C)(C)C(=O)OCC.CCOC(=O)C[C-]=O.[Cl-].[Cl-].[K+].[Mg+2].[OH-]. The predicted molar refractivity (Wildman–Crippen MR) is 176 cm³/mol. The Hall–Kier alpha value is -0.367. The molecular weight excluding hydrogens is 739 g/mol. The third-order valence-electron chi connectivity index (χ3n) is 6.27. The van der Waals surface area contributed by atoms with Crippen LogP contribution in [-0.2, 0) is 52.5 Å². The molecule has 0 saturated carbocycles. The molecule has 0 aliphatic heterocycles. The van der Waals surface area contributed by atoms with E-state index in [9.17, 15) is 33.6 Å². The van der Waals surface area contributed by atoms with Gasteiger partial charge in [-0.1, -0.05) is 32.1 Å². The second kappa shape index (κ2) is 43.0. The molecule has 0 saturated heterocycles. The number of esters is 4. The minimum atomic E-state index is -0.760. The molecule has 13 nitrogen and oxygen atoms in total. The van der Waals surface area contributed by atoms with Crippen molar-refractivity contribution in [1.82, 2.24) is 0 Å². The second-order valence-corrected chi connectivity index (χ2v) is 11.4. The summed E-state index contributed by atoms with van der Waals surface area (Å²) in [6, 6.07) is 0. The summed E-state index contributed by atoms with van der Waals surface area (Å²) < 4.78 is 19.1. The minimum Gasteiger partial charge on any atom is -1.00 e. The van der Waals surface area contributed by atoms with Gasteiger partial charge in [0.1, 0.15) is 12.2 Å². The molecule has 0 aromatic rings. The molecule has 0 aliphatic rings. The first-order chi connectivity index (χ1) is 21.0. The number of Topliss-reactive ketones (excluding diaryl/α,β-unsaturated/α-hetero) is 1. The summed E-state index contributed by atoms with van der Waals surface area (Å²) in [6.07, 6.45) is 7.94. The molecule has 0 aromatic carbocycles. The third kappa shape index (κ3) is 43.8. The molecule has 0 atom stereocenters. The van der Waals surface area contributed by atoms with Gasteiger partial charge in [0.15, 0.2) is 0 Å². The zero-order valence-electron chi connectivity index (χ0n) is 31.7. The van der Waals surface area contributed by atoms with E-state index in [-0.39, 0.29) is 142 Å².